The van der Waals surface area contributed by atoms with Crippen LogP contribution in [0.2, 0.25) is 0 Å². The van der Waals surface area contributed by atoms with Gasteiger partial charge in [0.1, 0.15) is 11.4 Å². The molecule has 0 atom stereocenters. The van der Waals surface area contributed by atoms with E-state index in [4.69, 9.17) is 10.5 Å². The van der Waals surface area contributed by atoms with Gasteiger partial charge in [0.2, 0.25) is 5.91 Å². The Morgan fingerprint density at radius 2 is 1.74 bits per heavy atom. The minimum atomic E-state index is -0.693. The van der Waals surface area contributed by atoms with Crippen molar-refractivity contribution in [2.75, 3.05) is 0 Å². The predicted octanol–water partition coefficient (Wildman–Crippen LogP) is 4.59. The topological polar surface area (TPSA) is 103 Å². The van der Waals surface area contributed by atoms with Gasteiger partial charge in [-0.15, -0.1) is 0 Å². The molecule has 0 saturated carbocycles. The molecule has 2 aromatic carbocycles. The lowest BCUT2D eigenvalue weighted by molar-refractivity contribution is 0.0522. The molecule has 3 rings (SSSR count). The number of alkyl carbamates (subject to hydrolysis) is 1. The van der Waals surface area contributed by atoms with Crippen LogP contribution in [0.5, 0.6) is 0 Å². The van der Waals surface area contributed by atoms with Crippen molar-refractivity contribution in [3.8, 4) is 11.1 Å². The highest BCUT2D eigenvalue weighted by molar-refractivity contribution is 6.03. The van der Waals surface area contributed by atoms with Gasteiger partial charge in [0.15, 0.2) is 0 Å². The fourth-order valence-corrected chi connectivity index (χ4v) is 3.80. The minimum absolute atomic E-state index is 0.0136. The van der Waals surface area contributed by atoms with Crippen LogP contribution >= 0.6 is 0 Å². The highest BCUT2D eigenvalue weighted by Gasteiger charge is 2.22. The summed E-state index contributed by atoms with van der Waals surface area (Å²) in [5.41, 5.74) is 6.54. The molecule has 0 aliphatic carbocycles. The van der Waals surface area contributed by atoms with E-state index in [2.05, 4.69) is 5.32 Å². The lowest BCUT2D eigenvalue weighted by Gasteiger charge is -2.23. The second-order valence-electron chi connectivity index (χ2n) is 9.62. The van der Waals surface area contributed by atoms with Gasteiger partial charge in [0, 0.05) is 28.8 Å². The molecule has 1 aromatic heterocycles. The average Bonchev–Trinajstić information content (AvgIpc) is 2.73. The molecule has 0 aliphatic rings. The number of rotatable bonds is 6. The Kier molecular flexibility index (Phi) is 7.09. The molecule has 0 spiro atoms. The standard InChI is InChI=1S/C26H30FN3O4/c1-15(2)14-30-21(13-29-25(33)34-26(3,4)5)22(16-6-9-18(27)10-7-16)20-12-17(23(28)31)8-11-19(20)24(30)32/h6-12,15H,13-14H2,1-5H3,(H2,28,31)(H,29,33). The summed E-state index contributed by atoms with van der Waals surface area (Å²) in [5.74, 6) is -0.914. The minimum Gasteiger partial charge on any atom is -0.444 e. The summed E-state index contributed by atoms with van der Waals surface area (Å²) in [6.45, 7) is 9.61. The highest BCUT2D eigenvalue weighted by Crippen LogP contribution is 2.32. The van der Waals surface area contributed by atoms with Crippen molar-refractivity contribution in [1.29, 1.82) is 0 Å². The smallest absolute Gasteiger partial charge is 0.407 e. The van der Waals surface area contributed by atoms with E-state index in [-0.39, 0.29) is 23.6 Å². The summed E-state index contributed by atoms with van der Waals surface area (Å²) in [6.07, 6.45) is -0.632. The molecule has 0 radical (unpaired) electrons. The van der Waals surface area contributed by atoms with Crippen molar-refractivity contribution in [1.82, 2.24) is 9.88 Å². The van der Waals surface area contributed by atoms with Gasteiger partial charge >= 0.3 is 6.09 Å². The first-order chi connectivity index (χ1) is 15.9. The normalized spacial score (nSPS) is 11.6. The number of halogens is 1. The van der Waals surface area contributed by atoms with Crippen molar-refractivity contribution in [3.63, 3.8) is 0 Å². The molecule has 0 bridgehead atoms. The molecule has 2 amide bonds. The van der Waals surface area contributed by atoms with Gasteiger partial charge in [-0.05, 0) is 68.0 Å². The number of nitrogens with two attached hydrogens (primary N) is 1. The average molecular weight is 468 g/mol. The van der Waals surface area contributed by atoms with Crippen LogP contribution in [0.15, 0.2) is 47.3 Å². The second-order valence-corrected chi connectivity index (χ2v) is 9.62. The molecular weight excluding hydrogens is 437 g/mol. The monoisotopic (exact) mass is 467 g/mol. The Bertz CT molecular complexity index is 1290. The first kappa shape index (κ1) is 25.0. The van der Waals surface area contributed by atoms with Crippen LogP contribution in [-0.4, -0.2) is 22.2 Å². The summed E-state index contributed by atoms with van der Waals surface area (Å²) in [5, 5.41) is 3.62. The summed E-state index contributed by atoms with van der Waals surface area (Å²) >= 11 is 0. The molecule has 3 aromatic rings. The SMILES string of the molecule is CC(C)Cn1c(CNC(=O)OC(C)(C)C)c(-c2ccc(F)cc2)c2cc(C(N)=O)ccc2c1=O. The van der Waals surface area contributed by atoms with Gasteiger partial charge in [-0.1, -0.05) is 26.0 Å². The van der Waals surface area contributed by atoms with Crippen molar-refractivity contribution in [2.24, 2.45) is 11.7 Å². The van der Waals surface area contributed by atoms with E-state index in [1.54, 1.807) is 49.6 Å². The molecule has 0 aliphatic heterocycles. The number of carbonyl (C=O) groups excluding carboxylic acids is 2. The molecule has 1 heterocycles. The quantitative estimate of drug-likeness (QED) is 0.553. The van der Waals surface area contributed by atoms with Crippen LogP contribution in [0.3, 0.4) is 0 Å². The third kappa shape index (κ3) is 5.62. The van der Waals surface area contributed by atoms with Crippen LogP contribution < -0.4 is 16.6 Å². The maximum Gasteiger partial charge on any atom is 0.407 e. The van der Waals surface area contributed by atoms with Gasteiger partial charge < -0.3 is 20.4 Å². The van der Waals surface area contributed by atoms with E-state index < -0.39 is 23.4 Å². The maximum absolute atomic E-state index is 13.7. The molecule has 7 nitrogen and oxygen atoms in total. The van der Waals surface area contributed by atoms with Gasteiger partial charge in [-0.25, -0.2) is 9.18 Å². The zero-order valence-electron chi connectivity index (χ0n) is 20.1. The van der Waals surface area contributed by atoms with Crippen LogP contribution in [0.4, 0.5) is 9.18 Å². The number of nitrogens with one attached hydrogen (secondary N) is 1. The Balaban J connectivity index is 2.32. The molecule has 0 unspecified atom stereocenters. The molecule has 0 fully saturated rings. The number of amides is 2. The molecule has 34 heavy (non-hydrogen) atoms. The summed E-state index contributed by atoms with van der Waals surface area (Å²) in [6, 6.07) is 10.5. The fraction of sp³-hybridized carbons (Fsp3) is 0.346. The maximum atomic E-state index is 13.7. The lowest BCUT2D eigenvalue weighted by atomic mass is 9.94. The van der Waals surface area contributed by atoms with Crippen molar-refractivity contribution < 1.29 is 18.7 Å². The zero-order valence-corrected chi connectivity index (χ0v) is 20.1. The zero-order chi connectivity index (χ0) is 25.2. The Labute approximate surface area is 197 Å². The molecule has 180 valence electrons. The van der Waals surface area contributed by atoms with E-state index in [9.17, 15) is 18.8 Å². The first-order valence-electron chi connectivity index (χ1n) is 11.1. The Morgan fingerprint density at radius 1 is 1.09 bits per heavy atom. The fourth-order valence-electron chi connectivity index (χ4n) is 3.80. The largest absolute Gasteiger partial charge is 0.444 e. The number of primary amides is 1. The van der Waals surface area contributed by atoms with Crippen molar-refractivity contribution in [3.05, 3.63) is 69.9 Å². The van der Waals surface area contributed by atoms with Crippen LogP contribution in [0.25, 0.3) is 21.9 Å². The number of aromatic nitrogens is 1. The third-order valence-corrected chi connectivity index (χ3v) is 5.14. The number of pyridine rings is 1. The van der Waals surface area contributed by atoms with Crippen molar-refractivity contribution >= 4 is 22.8 Å². The van der Waals surface area contributed by atoms with E-state index in [1.807, 2.05) is 13.8 Å². The number of hydrogen-bond donors (Lipinski definition) is 2. The van der Waals surface area contributed by atoms with E-state index in [0.29, 0.717) is 34.1 Å². The van der Waals surface area contributed by atoms with Crippen LogP contribution in [-0.2, 0) is 17.8 Å². The number of benzene rings is 2. The van der Waals surface area contributed by atoms with Gasteiger partial charge in [0.05, 0.1) is 6.54 Å². The first-order valence-corrected chi connectivity index (χ1v) is 11.1. The van der Waals surface area contributed by atoms with Gasteiger partial charge in [-0.2, -0.15) is 0 Å². The van der Waals surface area contributed by atoms with Gasteiger partial charge in [0.25, 0.3) is 5.56 Å². The van der Waals surface area contributed by atoms with Crippen LogP contribution in [0.1, 0.15) is 50.7 Å². The molecule has 3 N–H and O–H groups in total. The number of carbonyl (C=O) groups is 2. The second kappa shape index (κ2) is 9.67. The molecular formula is C26H30FN3O4. The van der Waals surface area contributed by atoms with E-state index in [1.165, 1.54) is 18.2 Å². The number of hydrogen-bond acceptors (Lipinski definition) is 4. The number of ether oxygens (including phenoxy) is 1. The summed E-state index contributed by atoms with van der Waals surface area (Å²) in [4.78, 5) is 37.8. The Hall–Kier alpha value is -3.68. The van der Waals surface area contributed by atoms with E-state index in [0.717, 1.165) is 0 Å². The predicted molar refractivity (Wildman–Crippen MR) is 130 cm³/mol. The van der Waals surface area contributed by atoms with Gasteiger partial charge in [-0.3, -0.25) is 9.59 Å². The molecule has 0 saturated heterocycles. The molecule has 8 heteroatoms. The van der Waals surface area contributed by atoms with Crippen molar-refractivity contribution in [2.45, 2.75) is 53.3 Å². The summed E-state index contributed by atoms with van der Waals surface area (Å²) in [7, 11) is 0. The highest BCUT2D eigenvalue weighted by atomic mass is 19.1. The Morgan fingerprint density at radius 3 is 2.29 bits per heavy atom. The van der Waals surface area contributed by atoms with Crippen LogP contribution in [0, 0.1) is 11.7 Å². The number of fused-ring (bicyclic) bond motifs is 1. The summed E-state index contributed by atoms with van der Waals surface area (Å²) < 4.78 is 20.7. The van der Waals surface area contributed by atoms with E-state index >= 15 is 0 Å². The third-order valence-electron chi connectivity index (χ3n) is 5.14. The number of nitrogens with zero attached hydrogens (tertiary/aromatic N) is 1. The lowest BCUT2D eigenvalue weighted by Crippen LogP contribution is -2.35.